The Labute approximate surface area is 197 Å². The number of rotatable bonds is 7. The molecule has 1 aliphatic rings. The van der Waals surface area contributed by atoms with Gasteiger partial charge < -0.3 is 15.0 Å². The Bertz CT molecular complexity index is 781. The van der Waals surface area contributed by atoms with Crippen molar-refractivity contribution >= 4 is 29.9 Å². The van der Waals surface area contributed by atoms with Crippen LogP contribution in [0.5, 0.6) is 0 Å². The molecule has 8 heteroatoms. The lowest BCUT2D eigenvalue weighted by Gasteiger charge is -2.35. The molecule has 1 aromatic heterocycles. The Morgan fingerprint density at radius 2 is 2.13 bits per heavy atom. The summed E-state index contributed by atoms with van der Waals surface area (Å²) < 4.78 is 7.77. The van der Waals surface area contributed by atoms with Crippen molar-refractivity contribution < 1.29 is 4.74 Å². The summed E-state index contributed by atoms with van der Waals surface area (Å²) in [5.74, 6) is 0.945. The van der Waals surface area contributed by atoms with Gasteiger partial charge in [-0.2, -0.15) is 5.10 Å². The third kappa shape index (κ3) is 6.95. The van der Waals surface area contributed by atoms with Crippen molar-refractivity contribution in [3.05, 3.63) is 53.9 Å². The number of aliphatic imine (C=N–C) groups is 1. The average molecular weight is 526 g/mol. The van der Waals surface area contributed by atoms with Gasteiger partial charge in [-0.15, -0.1) is 24.0 Å². The summed E-state index contributed by atoms with van der Waals surface area (Å²) in [6.45, 7) is 6.46. The molecule has 1 aromatic carbocycles. The van der Waals surface area contributed by atoms with E-state index in [1.807, 2.05) is 31.2 Å². The first-order valence-electron chi connectivity index (χ1n) is 10.4. The molecule has 30 heavy (non-hydrogen) atoms. The lowest BCUT2D eigenvalue weighted by atomic mass is 10.1. The zero-order valence-corrected chi connectivity index (χ0v) is 20.8. The molecule has 2 unspecified atom stereocenters. The molecule has 0 saturated carbocycles. The molecular weight excluding hydrogens is 491 g/mol. The molecule has 2 aromatic rings. The van der Waals surface area contributed by atoms with Crippen LogP contribution in [-0.4, -0.2) is 71.9 Å². The van der Waals surface area contributed by atoms with E-state index in [1.54, 1.807) is 0 Å². The molecule has 0 bridgehead atoms. The Morgan fingerprint density at radius 1 is 1.37 bits per heavy atom. The van der Waals surface area contributed by atoms with E-state index in [-0.39, 0.29) is 30.1 Å². The number of halogens is 1. The van der Waals surface area contributed by atoms with Crippen LogP contribution in [0.4, 0.5) is 0 Å². The number of ether oxygens (including phenoxy) is 1. The number of hydrogen-bond donors (Lipinski definition) is 1. The second-order valence-corrected chi connectivity index (χ2v) is 7.77. The highest BCUT2D eigenvalue weighted by Crippen LogP contribution is 2.21. The van der Waals surface area contributed by atoms with Gasteiger partial charge in [-0.3, -0.25) is 14.6 Å². The minimum atomic E-state index is 0. The van der Waals surface area contributed by atoms with Gasteiger partial charge in [0, 0.05) is 51.5 Å². The predicted octanol–water partition coefficient (Wildman–Crippen LogP) is 2.90. The summed E-state index contributed by atoms with van der Waals surface area (Å²) in [6, 6.07) is 11.1. The lowest BCUT2D eigenvalue weighted by Crippen LogP contribution is -2.48. The Morgan fingerprint density at radius 3 is 2.80 bits per heavy atom. The number of benzene rings is 1. The van der Waals surface area contributed by atoms with Crippen LogP contribution < -0.4 is 5.32 Å². The number of aryl methyl sites for hydroxylation is 1. The van der Waals surface area contributed by atoms with Gasteiger partial charge in [-0.1, -0.05) is 30.3 Å². The molecule has 0 amide bonds. The summed E-state index contributed by atoms with van der Waals surface area (Å²) >= 11 is 0. The van der Waals surface area contributed by atoms with Crippen LogP contribution in [0.15, 0.2) is 47.7 Å². The zero-order valence-electron chi connectivity index (χ0n) is 18.5. The summed E-state index contributed by atoms with van der Waals surface area (Å²) in [4.78, 5) is 9.17. The summed E-state index contributed by atoms with van der Waals surface area (Å²) in [5, 5.41) is 7.80. The van der Waals surface area contributed by atoms with Crippen LogP contribution in [0.1, 0.15) is 30.6 Å². The van der Waals surface area contributed by atoms with E-state index in [2.05, 4.69) is 69.5 Å². The molecule has 3 rings (SSSR count). The van der Waals surface area contributed by atoms with E-state index in [4.69, 9.17) is 4.74 Å². The van der Waals surface area contributed by atoms with E-state index in [9.17, 15) is 0 Å². The fourth-order valence-corrected chi connectivity index (χ4v) is 3.62. The van der Waals surface area contributed by atoms with Gasteiger partial charge in [0.2, 0.25) is 0 Å². The number of morpholine rings is 1. The Balaban J connectivity index is 0.00000320. The third-order valence-corrected chi connectivity index (χ3v) is 5.55. The summed E-state index contributed by atoms with van der Waals surface area (Å²) in [6.07, 6.45) is 4.99. The number of nitrogens with one attached hydrogen (secondary N) is 1. The average Bonchev–Trinajstić information content (AvgIpc) is 3.18. The molecule has 0 radical (unpaired) electrons. The van der Waals surface area contributed by atoms with Gasteiger partial charge >= 0.3 is 0 Å². The van der Waals surface area contributed by atoms with Crippen LogP contribution in [-0.2, 0) is 18.3 Å². The predicted molar refractivity (Wildman–Crippen MR) is 132 cm³/mol. The highest BCUT2D eigenvalue weighted by molar-refractivity contribution is 14.0. The molecular formula is C22H35IN6O. The molecule has 0 aliphatic carbocycles. The molecule has 2 heterocycles. The fourth-order valence-electron chi connectivity index (χ4n) is 3.62. The number of guanidine groups is 1. The topological polar surface area (TPSA) is 57.9 Å². The van der Waals surface area contributed by atoms with Crippen molar-refractivity contribution in [2.24, 2.45) is 12.0 Å². The van der Waals surface area contributed by atoms with Crippen LogP contribution in [0.3, 0.4) is 0 Å². The summed E-state index contributed by atoms with van der Waals surface area (Å²) in [7, 11) is 5.97. The quantitative estimate of drug-likeness (QED) is 0.342. The highest BCUT2D eigenvalue weighted by atomic mass is 127. The molecule has 166 valence electrons. The zero-order chi connectivity index (χ0) is 20.6. The molecule has 0 spiro atoms. The second-order valence-electron chi connectivity index (χ2n) is 7.77. The monoisotopic (exact) mass is 526 g/mol. The lowest BCUT2D eigenvalue weighted by molar-refractivity contribution is -0.00804. The molecule has 2 atom stereocenters. The Kier molecular flexibility index (Phi) is 10.1. The van der Waals surface area contributed by atoms with Gasteiger partial charge in [-0.25, -0.2) is 0 Å². The minimum Gasteiger partial charge on any atom is -0.370 e. The van der Waals surface area contributed by atoms with E-state index in [0.717, 1.165) is 44.1 Å². The van der Waals surface area contributed by atoms with Crippen molar-refractivity contribution in [3.8, 4) is 0 Å². The molecule has 7 nitrogen and oxygen atoms in total. The number of nitrogens with zero attached hydrogens (tertiary/aromatic N) is 5. The Hall–Kier alpha value is -1.65. The molecule has 1 aliphatic heterocycles. The number of hydrogen-bond acceptors (Lipinski definition) is 4. The van der Waals surface area contributed by atoms with Gasteiger partial charge in [0.25, 0.3) is 0 Å². The number of aromatic nitrogens is 2. The third-order valence-electron chi connectivity index (χ3n) is 5.55. The van der Waals surface area contributed by atoms with Gasteiger partial charge in [0.05, 0.1) is 19.3 Å². The van der Waals surface area contributed by atoms with Crippen LogP contribution >= 0.6 is 24.0 Å². The smallest absolute Gasteiger partial charge is 0.193 e. The van der Waals surface area contributed by atoms with E-state index >= 15 is 0 Å². The maximum atomic E-state index is 5.95. The van der Waals surface area contributed by atoms with Gasteiger partial charge in [0.15, 0.2) is 5.96 Å². The van der Waals surface area contributed by atoms with Gasteiger partial charge in [0.1, 0.15) is 6.10 Å². The normalized spacial score (nSPS) is 18.2. The molecule has 1 N–H and O–H groups in total. The van der Waals surface area contributed by atoms with Crippen molar-refractivity contribution in [1.82, 2.24) is 24.9 Å². The van der Waals surface area contributed by atoms with Gasteiger partial charge in [-0.05, 0) is 26.0 Å². The van der Waals surface area contributed by atoms with Crippen molar-refractivity contribution in [3.63, 3.8) is 0 Å². The minimum absolute atomic E-state index is 0. The SMILES string of the molecule is CN=C(NCCC(C)N(C)Cc1ccccc1)N1CCOC(c2cnn(C)c2)C1.I. The first-order chi connectivity index (χ1) is 14.1. The van der Waals surface area contributed by atoms with Crippen LogP contribution in [0.25, 0.3) is 0 Å². The van der Waals surface area contributed by atoms with Crippen LogP contribution in [0, 0.1) is 0 Å². The first kappa shape index (κ1) is 24.6. The fraction of sp³-hybridized carbons (Fsp3) is 0.545. The summed E-state index contributed by atoms with van der Waals surface area (Å²) in [5.41, 5.74) is 2.46. The maximum absolute atomic E-state index is 5.95. The largest absolute Gasteiger partial charge is 0.370 e. The first-order valence-corrected chi connectivity index (χ1v) is 10.4. The maximum Gasteiger partial charge on any atom is 0.193 e. The molecule has 1 fully saturated rings. The highest BCUT2D eigenvalue weighted by Gasteiger charge is 2.25. The van der Waals surface area contributed by atoms with Crippen molar-refractivity contribution in [2.45, 2.75) is 32.0 Å². The van der Waals surface area contributed by atoms with E-state index in [0.29, 0.717) is 12.6 Å². The molecule has 1 saturated heterocycles. The second kappa shape index (κ2) is 12.3. The standard InChI is InChI=1S/C22H34N6O.HI/c1-18(26(3)15-19-8-6-5-7-9-19)10-11-24-22(23-2)28-12-13-29-21(17-28)20-14-25-27(4)16-20;/h5-9,14,16,18,21H,10-13,15,17H2,1-4H3,(H,23,24);1H. The van der Waals surface area contributed by atoms with E-state index in [1.165, 1.54) is 5.56 Å². The van der Waals surface area contributed by atoms with E-state index < -0.39 is 0 Å². The van der Waals surface area contributed by atoms with Crippen LogP contribution in [0.2, 0.25) is 0 Å². The van der Waals surface area contributed by atoms with Crippen molar-refractivity contribution in [1.29, 1.82) is 0 Å². The van der Waals surface area contributed by atoms with Crippen molar-refractivity contribution in [2.75, 3.05) is 40.3 Å².